The molecule has 0 radical (unpaired) electrons. The van der Waals surface area contributed by atoms with Crippen molar-refractivity contribution in [2.75, 3.05) is 19.7 Å². The molecular weight excluding hydrogens is 352 g/mol. The smallest absolute Gasteiger partial charge is 0.120 e. The number of aliphatic hydroxyl groups is 1. The minimum absolute atomic E-state index is 0.277. The number of halogens is 1. The normalized spacial score (nSPS) is 12.3. The summed E-state index contributed by atoms with van der Waals surface area (Å²) in [6, 6.07) is 7.59. The minimum atomic E-state index is -0.527. The van der Waals surface area contributed by atoms with E-state index in [0.29, 0.717) is 6.54 Å². The van der Waals surface area contributed by atoms with Gasteiger partial charge in [0, 0.05) is 29.4 Å². The van der Waals surface area contributed by atoms with Crippen LogP contribution in [0.5, 0.6) is 5.75 Å². The second-order valence-corrected chi connectivity index (χ2v) is 6.71. The van der Waals surface area contributed by atoms with E-state index in [0.717, 1.165) is 33.9 Å². The zero-order valence-corrected chi connectivity index (χ0v) is 14.3. The van der Waals surface area contributed by atoms with Crippen molar-refractivity contribution in [3.8, 4) is 5.75 Å². The number of benzene rings is 1. The first kappa shape index (κ1) is 16.4. The summed E-state index contributed by atoms with van der Waals surface area (Å²) in [5, 5.41) is 16.2. The first-order valence-corrected chi connectivity index (χ1v) is 8.49. The molecule has 1 heterocycles. The van der Waals surface area contributed by atoms with Gasteiger partial charge in [0.1, 0.15) is 18.5 Å². The van der Waals surface area contributed by atoms with Crippen LogP contribution in [0.15, 0.2) is 34.1 Å². The maximum absolute atomic E-state index is 9.87. The number of hydrogen-bond acceptors (Lipinski definition) is 5. The third-order valence-electron chi connectivity index (χ3n) is 2.84. The lowest BCUT2D eigenvalue weighted by Crippen LogP contribution is -2.32. The van der Waals surface area contributed by atoms with E-state index in [1.165, 1.54) is 0 Å². The lowest BCUT2D eigenvalue weighted by atomic mass is 10.3. The maximum atomic E-state index is 9.87. The van der Waals surface area contributed by atoms with Crippen molar-refractivity contribution < 1.29 is 9.84 Å². The average Bonchev–Trinajstić information content (AvgIpc) is 2.87. The predicted molar refractivity (Wildman–Crippen MR) is 89.1 cm³/mol. The Labute approximate surface area is 137 Å². The van der Waals surface area contributed by atoms with Crippen molar-refractivity contribution in [3.05, 3.63) is 44.8 Å². The van der Waals surface area contributed by atoms with Crippen LogP contribution in [-0.4, -0.2) is 35.9 Å². The molecule has 21 heavy (non-hydrogen) atoms. The van der Waals surface area contributed by atoms with Crippen LogP contribution in [0.4, 0.5) is 0 Å². The van der Waals surface area contributed by atoms with Gasteiger partial charge < -0.3 is 15.2 Å². The van der Waals surface area contributed by atoms with Gasteiger partial charge in [-0.05, 0) is 25.1 Å². The van der Waals surface area contributed by atoms with Crippen LogP contribution in [0.2, 0.25) is 0 Å². The molecule has 6 heteroatoms. The van der Waals surface area contributed by atoms with Crippen molar-refractivity contribution in [1.29, 1.82) is 0 Å². The zero-order chi connectivity index (χ0) is 15.1. The molecule has 0 aliphatic rings. The molecule has 1 aromatic carbocycles. The Morgan fingerprint density at radius 3 is 3.05 bits per heavy atom. The second kappa shape index (κ2) is 8.48. The fourth-order valence-electron chi connectivity index (χ4n) is 1.82. The number of aliphatic hydroxyl groups excluding tert-OH is 1. The summed E-state index contributed by atoms with van der Waals surface area (Å²) in [6.45, 7) is 3.60. The number of nitrogens with one attached hydrogen (secondary N) is 1. The molecule has 0 amide bonds. The highest BCUT2D eigenvalue weighted by molar-refractivity contribution is 9.10. The highest BCUT2D eigenvalue weighted by Crippen LogP contribution is 2.17. The summed E-state index contributed by atoms with van der Waals surface area (Å²) in [5.41, 5.74) is 1.10. The van der Waals surface area contributed by atoms with E-state index >= 15 is 0 Å². The highest BCUT2D eigenvalue weighted by Gasteiger charge is 2.05. The summed E-state index contributed by atoms with van der Waals surface area (Å²) in [4.78, 5) is 4.40. The Balaban J connectivity index is 1.60. The number of hydrogen-bond donors (Lipinski definition) is 2. The lowest BCUT2D eigenvalue weighted by Gasteiger charge is -2.13. The lowest BCUT2D eigenvalue weighted by molar-refractivity contribution is 0.106. The van der Waals surface area contributed by atoms with Crippen LogP contribution >= 0.6 is 27.3 Å². The second-order valence-electron chi connectivity index (χ2n) is 4.73. The average molecular weight is 371 g/mol. The van der Waals surface area contributed by atoms with Gasteiger partial charge in [0.2, 0.25) is 0 Å². The first-order chi connectivity index (χ1) is 10.1. The molecule has 2 aromatic rings. The fraction of sp³-hybridized carbons (Fsp3) is 0.400. The molecule has 0 bridgehead atoms. The molecule has 0 aliphatic carbocycles. The van der Waals surface area contributed by atoms with Gasteiger partial charge in [-0.3, -0.25) is 0 Å². The molecule has 1 atom stereocenters. The van der Waals surface area contributed by atoms with Gasteiger partial charge in [-0.1, -0.05) is 22.0 Å². The molecule has 0 spiro atoms. The predicted octanol–water partition coefficient (Wildman–Crippen LogP) is 2.79. The van der Waals surface area contributed by atoms with Gasteiger partial charge in [-0.2, -0.15) is 0 Å². The van der Waals surface area contributed by atoms with E-state index in [-0.39, 0.29) is 6.61 Å². The Morgan fingerprint density at radius 2 is 2.33 bits per heavy atom. The summed E-state index contributed by atoms with van der Waals surface area (Å²) in [6.07, 6.45) is 0.352. The molecular formula is C15H19BrN2O2S. The molecule has 0 fully saturated rings. The van der Waals surface area contributed by atoms with Crippen molar-refractivity contribution in [3.63, 3.8) is 0 Å². The van der Waals surface area contributed by atoms with Gasteiger partial charge in [0.05, 0.1) is 10.7 Å². The van der Waals surface area contributed by atoms with E-state index < -0.39 is 6.10 Å². The summed E-state index contributed by atoms with van der Waals surface area (Å²) in [7, 11) is 0. The topological polar surface area (TPSA) is 54.4 Å². The monoisotopic (exact) mass is 370 g/mol. The summed E-state index contributed by atoms with van der Waals surface area (Å²) >= 11 is 5.05. The number of aromatic nitrogens is 1. The first-order valence-electron chi connectivity index (χ1n) is 6.81. The molecule has 0 aliphatic heterocycles. The van der Waals surface area contributed by atoms with Crippen LogP contribution in [0.3, 0.4) is 0 Å². The number of rotatable bonds is 8. The largest absolute Gasteiger partial charge is 0.491 e. The molecule has 1 unspecified atom stereocenters. The molecule has 2 N–H and O–H groups in total. The Bertz CT molecular complexity index is 562. The van der Waals surface area contributed by atoms with Gasteiger partial charge in [0.25, 0.3) is 0 Å². The van der Waals surface area contributed by atoms with Crippen LogP contribution in [0.1, 0.15) is 10.7 Å². The highest BCUT2D eigenvalue weighted by atomic mass is 79.9. The van der Waals surface area contributed by atoms with Crippen molar-refractivity contribution >= 4 is 27.3 Å². The van der Waals surface area contributed by atoms with Crippen LogP contribution in [0.25, 0.3) is 0 Å². The molecule has 114 valence electrons. The van der Waals surface area contributed by atoms with E-state index in [9.17, 15) is 5.11 Å². The number of ether oxygens (including phenoxy) is 1. The van der Waals surface area contributed by atoms with Gasteiger partial charge in [-0.25, -0.2) is 4.98 Å². The molecule has 2 rings (SSSR count). The van der Waals surface area contributed by atoms with Crippen LogP contribution in [0, 0.1) is 6.92 Å². The van der Waals surface area contributed by atoms with E-state index in [2.05, 4.69) is 31.6 Å². The van der Waals surface area contributed by atoms with Crippen molar-refractivity contribution in [2.45, 2.75) is 19.4 Å². The fourth-order valence-corrected chi connectivity index (χ4v) is 2.84. The van der Waals surface area contributed by atoms with Gasteiger partial charge >= 0.3 is 0 Å². The van der Waals surface area contributed by atoms with Crippen LogP contribution in [-0.2, 0) is 6.42 Å². The van der Waals surface area contributed by atoms with Crippen molar-refractivity contribution in [1.82, 2.24) is 10.3 Å². The minimum Gasteiger partial charge on any atom is -0.491 e. The quantitative estimate of drug-likeness (QED) is 0.701. The van der Waals surface area contributed by atoms with Crippen LogP contribution < -0.4 is 10.1 Å². The molecule has 0 saturated carbocycles. The molecule has 4 nitrogen and oxygen atoms in total. The van der Waals surface area contributed by atoms with E-state index in [4.69, 9.17) is 4.74 Å². The molecule has 0 saturated heterocycles. The Kier molecular flexibility index (Phi) is 6.63. The summed E-state index contributed by atoms with van der Waals surface area (Å²) < 4.78 is 6.50. The zero-order valence-electron chi connectivity index (χ0n) is 11.9. The Morgan fingerprint density at radius 1 is 1.48 bits per heavy atom. The van der Waals surface area contributed by atoms with Gasteiger partial charge in [-0.15, -0.1) is 11.3 Å². The van der Waals surface area contributed by atoms with E-state index in [1.54, 1.807) is 11.3 Å². The number of thiazole rings is 1. The van der Waals surface area contributed by atoms with Crippen molar-refractivity contribution in [2.24, 2.45) is 0 Å². The number of nitrogens with zero attached hydrogens (tertiary/aromatic N) is 1. The standard InChI is InChI=1S/C15H19BrN2O2S/c1-11-18-13(10-21-11)5-6-17-8-14(19)9-20-15-4-2-3-12(16)7-15/h2-4,7,10,14,17,19H,5-6,8-9H2,1H3. The van der Waals surface area contributed by atoms with E-state index in [1.807, 2.05) is 31.2 Å². The summed E-state index contributed by atoms with van der Waals surface area (Å²) in [5.74, 6) is 0.751. The third kappa shape index (κ3) is 6.13. The SMILES string of the molecule is Cc1nc(CCNCC(O)COc2cccc(Br)c2)cs1. The Hall–Kier alpha value is -0.950. The van der Waals surface area contributed by atoms with Gasteiger partial charge in [0.15, 0.2) is 0 Å². The maximum Gasteiger partial charge on any atom is 0.120 e. The third-order valence-corrected chi connectivity index (χ3v) is 4.16. The number of aryl methyl sites for hydroxylation is 1. The molecule has 1 aromatic heterocycles.